The SMILES string of the molecule is CC1(C)CC(=O)C2=C(C1)N(Cc1ccc(F)cc1)C(=O)[C@@]2(NC(=O)c1cccs1)C(F)(F)F. The molecule has 174 valence electrons. The molecule has 2 amide bonds. The molecule has 0 radical (unpaired) electrons. The van der Waals surface area contributed by atoms with Crippen LogP contribution in [-0.4, -0.2) is 34.2 Å². The smallest absolute Gasteiger partial charge is 0.326 e. The molecule has 5 nitrogen and oxygen atoms in total. The normalized spacial score (nSPS) is 22.5. The van der Waals surface area contributed by atoms with Gasteiger partial charge in [-0.1, -0.05) is 32.0 Å². The van der Waals surface area contributed by atoms with Gasteiger partial charge in [0.2, 0.25) is 5.54 Å². The summed E-state index contributed by atoms with van der Waals surface area (Å²) >= 11 is 0.919. The van der Waals surface area contributed by atoms with Crippen molar-refractivity contribution >= 4 is 28.9 Å². The summed E-state index contributed by atoms with van der Waals surface area (Å²) in [6, 6.07) is 7.82. The molecule has 0 fully saturated rings. The van der Waals surface area contributed by atoms with Crippen LogP contribution in [0.4, 0.5) is 17.6 Å². The van der Waals surface area contributed by atoms with Crippen LogP contribution in [0.3, 0.4) is 0 Å². The quantitative estimate of drug-likeness (QED) is 0.651. The minimum Gasteiger partial charge on any atom is -0.326 e. The van der Waals surface area contributed by atoms with Gasteiger partial charge in [0.05, 0.1) is 17.0 Å². The lowest BCUT2D eigenvalue weighted by Gasteiger charge is -2.35. The molecule has 0 saturated heterocycles. The van der Waals surface area contributed by atoms with Gasteiger partial charge in [-0.3, -0.25) is 14.4 Å². The van der Waals surface area contributed by atoms with Gasteiger partial charge in [0, 0.05) is 12.1 Å². The number of thiophene rings is 1. The minimum absolute atomic E-state index is 0.0193. The Bertz CT molecular complexity index is 1150. The summed E-state index contributed by atoms with van der Waals surface area (Å²) in [7, 11) is 0. The molecule has 1 aromatic carbocycles. The largest absolute Gasteiger partial charge is 0.425 e. The first-order valence-electron chi connectivity index (χ1n) is 10.1. The van der Waals surface area contributed by atoms with Crippen molar-refractivity contribution in [2.75, 3.05) is 0 Å². The zero-order valence-corrected chi connectivity index (χ0v) is 18.6. The van der Waals surface area contributed by atoms with E-state index in [2.05, 4.69) is 0 Å². The molecular formula is C23H20F4N2O3S. The van der Waals surface area contributed by atoms with Crippen LogP contribution < -0.4 is 5.32 Å². The molecule has 0 bridgehead atoms. The van der Waals surface area contributed by atoms with Crippen molar-refractivity contribution in [3.63, 3.8) is 0 Å². The fourth-order valence-corrected chi connectivity index (χ4v) is 5.02. The van der Waals surface area contributed by atoms with Crippen LogP contribution in [0, 0.1) is 11.2 Å². The molecule has 2 heterocycles. The lowest BCUT2D eigenvalue weighted by molar-refractivity contribution is -0.190. The van der Waals surface area contributed by atoms with Gasteiger partial charge in [-0.05, 0) is 41.0 Å². The molecule has 2 aromatic rings. The predicted molar refractivity (Wildman–Crippen MR) is 113 cm³/mol. The van der Waals surface area contributed by atoms with E-state index in [1.54, 1.807) is 13.8 Å². The number of amides is 2. The zero-order chi connectivity index (χ0) is 24.2. The highest BCUT2D eigenvalue weighted by atomic mass is 32.1. The van der Waals surface area contributed by atoms with Crippen LogP contribution in [0.2, 0.25) is 0 Å². The molecule has 10 heteroatoms. The summed E-state index contributed by atoms with van der Waals surface area (Å²) in [5.74, 6) is -3.91. The number of carbonyl (C=O) groups excluding carboxylic acids is 3. The molecule has 4 rings (SSSR count). The fraction of sp³-hybridized carbons (Fsp3) is 0.348. The molecule has 1 aliphatic carbocycles. The van der Waals surface area contributed by atoms with Gasteiger partial charge in [0.1, 0.15) is 5.82 Å². The van der Waals surface area contributed by atoms with Crippen molar-refractivity contribution in [2.24, 2.45) is 5.41 Å². The number of carbonyl (C=O) groups is 3. The number of Topliss-reactive ketones (excluding diaryl/α,β-unsaturated/α-hetero) is 1. The average molecular weight is 480 g/mol. The lowest BCUT2D eigenvalue weighted by Crippen LogP contribution is -2.66. The summed E-state index contributed by atoms with van der Waals surface area (Å²) in [5.41, 5.74) is -4.58. The van der Waals surface area contributed by atoms with Crippen molar-refractivity contribution in [2.45, 2.75) is 44.9 Å². The number of hydrogen-bond donors (Lipinski definition) is 1. The summed E-state index contributed by atoms with van der Waals surface area (Å²) in [6.07, 6.45) is -5.43. The second kappa shape index (κ2) is 7.79. The number of nitrogens with zero attached hydrogens (tertiary/aromatic N) is 1. The van der Waals surface area contributed by atoms with Crippen molar-refractivity contribution in [3.8, 4) is 0 Å². The highest BCUT2D eigenvalue weighted by molar-refractivity contribution is 7.12. The summed E-state index contributed by atoms with van der Waals surface area (Å²) in [5, 5.41) is 3.40. The first-order chi connectivity index (χ1) is 15.4. The first kappa shape index (κ1) is 23.2. The number of halogens is 4. The third-order valence-electron chi connectivity index (χ3n) is 5.84. The van der Waals surface area contributed by atoms with E-state index in [-0.39, 0.29) is 30.0 Å². The van der Waals surface area contributed by atoms with Crippen LogP contribution in [0.15, 0.2) is 53.0 Å². The fourth-order valence-electron chi connectivity index (χ4n) is 4.41. The number of hydrogen-bond acceptors (Lipinski definition) is 4. The van der Waals surface area contributed by atoms with E-state index in [9.17, 15) is 31.9 Å². The van der Waals surface area contributed by atoms with Crippen molar-refractivity contribution in [3.05, 3.63) is 69.3 Å². The number of alkyl halides is 3. The number of allylic oxidation sites excluding steroid dienone is 1. The van der Waals surface area contributed by atoms with Crippen molar-refractivity contribution < 1.29 is 31.9 Å². The second-order valence-corrected chi connectivity index (χ2v) is 9.91. The number of nitrogens with one attached hydrogen (secondary N) is 1. The molecule has 1 atom stereocenters. The predicted octanol–water partition coefficient (Wildman–Crippen LogP) is 4.60. The van der Waals surface area contributed by atoms with E-state index < -0.39 is 46.1 Å². The maximum Gasteiger partial charge on any atom is 0.425 e. The van der Waals surface area contributed by atoms with Crippen LogP contribution >= 0.6 is 11.3 Å². The number of benzene rings is 1. The maximum atomic E-state index is 14.7. The molecule has 0 spiro atoms. The third-order valence-corrected chi connectivity index (χ3v) is 6.71. The van der Waals surface area contributed by atoms with Gasteiger partial charge in [0.25, 0.3) is 11.8 Å². The number of rotatable bonds is 4. The topological polar surface area (TPSA) is 66.5 Å². The van der Waals surface area contributed by atoms with E-state index in [0.29, 0.717) is 5.56 Å². The van der Waals surface area contributed by atoms with Crippen molar-refractivity contribution in [1.82, 2.24) is 10.2 Å². The van der Waals surface area contributed by atoms with Crippen LogP contribution in [0.5, 0.6) is 0 Å². The Morgan fingerprint density at radius 2 is 1.79 bits per heavy atom. The van der Waals surface area contributed by atoms with Gasteiger partial charge in [-0.15, -0.1) is 11.3 Å². The molecule has 2 aliphatic rings. The van der Waals surface area contributed by atoms with Crippen LogP contribution in [-0.2, 0) is 16.1 Å². The Balaban J connectivity index is 1.87. The van der Waals surface area contributed by atoms with Gasteiger partial charge < -0.3 is 10.2 Å². The molecule has 0 saturated carbocycles. The Labute approximate surface area is 191 Å². The van der Waals surface area contributed by atoms with Gasteiger partial charge in [0.15, 0.2) is 5.78 Å². The molecule has 1 aromatic heterocycles. The molecular weight excluding hydrogens is 460 g/mol. The number of ketones is 1. The second-order valence-electron chi connectivity index (χ2n) is 8.96. The first-order valence-corrected chi connectivity index (χ1v) is 11.0. The monoisotopic (exact) mass is 480 g/mol. The van der Waals surface area contributed by atoms with Crippen LogP contribution in [0.25, 0.3) is 0 Å². The lowest BCUT2D eigenvalue weighted by atomic mass is 9.72. The highest BCUT2D eigenvalue weighted by Crippen LogP contribution is 2.52. The van der Waals surface area contributed by atoms with Gasteiger partial charge in [-0.25, -0.2) is 4.39 Å². The van der Waals surface area contributed by atoms with E-state index in [4.69, 9.17) is 0 Å². The van der Waals surface area contributed by atoms with Gasteiger partial charge in [-0.2, -0.15) is 13.2 Å². The minimum atomic E-state index is -5.27. The average Bonchev–Trinajstić information content (AvgIpc) is 3.31. The van der Waals surface area contributed by atoms with Crippen molar-refractivity contribution in [1.29, 1.82) is 0 Å². The third kappa shape index (κ3) is 3.86. The van der Waals surface area contributed by atoms with E-state index >= 15 is 0 Å². The van der Waals surface area contributed by atoms with E-state index in [1.807, 2.05) is 5.32 Å². The molecule has 0 unspecified atom stereocenters. The van der Waals surface area contributed by atoms with Gasteiger partial charge >= 0.3 is 6.18 Å². The highest BCUT2D eigenvalue weighted by Gasteiger charge is 2.71. The maximum absolute atomic E-state index is 14.7. The van der Waals surface area contributed by atoms with Crippen LogP contribution in [0.1, 0.15) is 41.9 Å². The van der Waals surface area contributed by atoms with E-state index in [0.717, 1.165) is 28.4 Å². The summed E-state index contributed by atoms with van der Waals surface area (Å²) in [6.45, 7) is 3.16. The molecule has 1 aliphatic heterocycles. The zero-order valence-electron chi connectivity index (χ0n) is 17.8. The standard InChI is InChI=1S/C23H20F4N2O3S/c1-21(2)10-15-18(16(30)11-21)22(23(25,26)27,28-19(31)17-4-3-9-33-17)20(32)29(15)12-13-5-7-14(24)8-6-13/h3-9H,10-12H2,1-2H3,(H,28,31)/t22-/m1/s1. The Morgan fingerprint density at radius 1 is 1.12 bits per heavy atom. The Morgan fingerprint density at radius 3 is 2.36 bits per heavy atom. The summed E-state index contributed by atoms with van der Waals surface area (Å²) < 4.78 is 57.4. The Kier molecular flexibility index (Phi) is 5.47. The molecule has 1 N–H and O–H groups in total. The summed E-state index contributed by atoms with van der Waals surface area (Å²) in [4.78, 5) is 40.2. The molecule has 33 heavy (non-hydrogen) atoms. The van der Waals surface area contributed by atoms with E-state index in [1.165, 1.54) is 29.6 Å². The Hall–Kier alpha value is -3.01.